The van der Waals surface area contributed by atoms with Crippen LogP contribution in [0.2, 0.25) is 0 Å². The largest absolute Gasteiger partial charge is 0.478 e. The summed E-state index contributed by atoms with van der Waals surface area (Å²) in [4.78, 5) is 10.0. The van der Waals surface area contributed by atoms with E-state index in [-0.39, 0.29) is 6.42 Å². The fraction of sp³-hybridized carbons (Fsp3) is 0.929. The summed E-state index contributed by atoms with van der Waals surface area (Å²) in [7, 11) is 0. The predicted molar refractivity (Wildman–Crippen MR) is 81.5 cm³/mol. The number of carboxylic acids is 1. The average molecular weight is 338 g/mol. The Morgan fingerprint density at radius 1 is 1.41 bits per heavy atom. The van der Waals surface area contributed by atoms with Gasteiger partial charge in [-0.2, -0.15) is 0 Å². The van der Waals surface area contributed by atoms with Crippen LogP contribution >= 0.6 is 11.8 Å². The Kier molecular flexibility index (Phi) is 6.28. The van der Waals surface area contributed by atoms with Crippen LogP contribution in [-0.2, 0) is 9.53 Å². The average Bonchev–Trinajstić information content (AvgIpc) is 2.39. The molecule has 130 valence electrons. The van der Waals surface area contributed by atoms with Crippen LogP contribution in [0.1, 0.15) is 34.1 Å². The number of thioether (sulfide) groups is 1. The van der Waals surface area contributed by atoms with Gasteiger partial charge in [-0.15, -0.1) is 11.8 Å². The first-order valence-corrected chi connectivity index (χ1v) is 8.01. The number of carbonyl (C=O) groups is 1. The van der Waals surface area contributed by atoms with Crippen LogP contribution < -0.4 is 0 Å². The normalized spacial score (nSPS) is 35.9. The summed E-state index contributed by atoms with van der Waals surface area (Å²) in [6, 6.07) is 0. The highest BCUT2D eigenvalue weighted by Crippen LogP contribution is 2.47. The van der Waals surface area contributed by atoms with Gasteiger partial charge in [0.2, 0.25) is 4.93 Å². The SMILES string of the molecule is CC1C(O)CC(SC(C)(C)C)(C(=O)O)OC1C(O)C(O)CO. The molecular formula is C14H26O7S. The third-order valence-electron chi connectivity index (χ3n) is 3.64. The van der Waals surface area contributed by atoms with E-state index in [1.54, 1.807) is 6.92 Å². The smallest absolute Gasteiger partial charge is 0.346 e. The van der Waals surface area contributed by atoms with E-state index in [9.17, 15) is 25.2 Å². The van der Waals surface area contributed by atoms with Crippen molar-refractivity contribution in [1.82, 2.24) is 0 Å². The Labute approximate surface area is 134 Å². The topological polar surface area (TPSA) is 127 Å². The molecule has 1 heterocycles. The van der Waals surface area contributed by atoms with Gasteiger partial charge >= 0.3 is 5.97 Å². The Hall–Kier alpha value is -0.380. The summed E-state index contributed by atoms with van der Waals surface area (Å²) >= 11 is 1.04. The minimum Gasteiger partial charge on any atom is -0.478 e. The molecule has 0 aromatic heterocycles. The molecule has 1 saturated heterocycles. The molecule has 0 radical (unpaired) electrons. The zero-order valence-corrected chi connectivity index (χ0v) is 14.1. The molecule has 6 unspecified atom stereocenters. The summed E-state index contributed by atoms with van der Waals surface area (Å²) in [6.07, 6.45) is -5.19. The van der Waals surface area contributed by atoms with Crippen molar-refractivity contribution in [3.63, 3.8) is 0 Å². The van der Waals surface area contributed by atoms with Crippen LogP contribution in [-0.4, -0.2) is 72.2 Å². The Morgan fingerprint density at radius 2 is 1.95 bits per heavy atom. The molecule has 0 aromatic carbocycles. The molecule has 0 aromatic rings. The summed E-state index contributed by atoms with van der Waals surface area (Å²) in [5.74, 6) is -1.82. The van der Waals surface area contributed by atoms with Crippen LogP contribution in [0.5, 0.6) is 0 Å². The predicted octanol–water partition coefficient (Wildman–Crippen LogP) is -0.201. The Bertz CT molecular complexity index is 397. The maximum atomic E-state index is 11.8. The molecule has 0 spiro atoms. The first-order valence-electron chi connectivity index (χ1n) is 7.20. The van der Waals surface area contributed by atoms with Crippen LogP contribution in [0.15, 0.2) is 0 Å². The van der Waals surface area contributed by atoms with E-state index in [2.05, 4.69) is 0 Å². The van der Waals surface area contributed by atoms with Crippen LogP contribution in [0.3, 0.4) is 0 Å². The molecule has 5 N–H and O–H groups in total. The van der Waals surface area contributed by atoms with E-state index >= 15 is 0 Å². The zero-order valence-electron chi connectivity index (χ0n) is 13.3. The van der Waals surface area contributed by atoms with Crippen LogP contribution in [0, 0.1) is 5.92 Å². The number of hydrogen-bond donors (Lipinski definition) is 5. The number of rotatable bonds is 5. The van der Waals surface area contributed by atoms with Gasteiger partial charge in [0.25, 0.3) is 0 Å². The number of aliphatic hydroxyl groups excluding tert-OH is 4. The molecule has 1 aliphatic rings. The van der Waals surface area contributed by atoms with E-state index in [1.807, 2.05) is 20.8 Å². The fourth-order valence-electron chi connectivity index (χ4n) is 2.50. The standard InChI is InChI=1S/C14H26O7S/c1-7-8(16)5-14(12(19)20,22-13(2,3)4)21-11(7)10(18)9(17)6-15/h7-11,15-18H,5-6H2,1-4H3,(H,19,20). The summed E-state index contributed by atoms with van der Waals surface area (Å²) in [6.45, 7) is 6.39. The van der Waals surface area contributed by atoms with Crippen molar-refractivity contribution >= 4 is 17.7 Å². The lowest BCUT2D eigenvalue weighted by Gasteiger charge is -2.47. The Balaban J connectivity index is 3.13. The van der Waals surface area contributed by atoms with Crippen molar-refractivity contribution in [2.75, 3.05) is 6.61 Å². The van der Waals surface area contributed by atoms with Gasteiger partial charge in [0.1, 0.15) is 12.2 Å². The van der Waals surface area contributed by atoms with Crippen molar-refractivity contribution < 1.29 is 35.1 Å². The van der Waals surface area contributed by atoms with E-state index in [0.29, 0.717) is 0 Å². The number of ether oxygens (including phenoxy) is 1. The van der Waals surface area contributed by atoms with Gasteiger partial charge in [-0.1, -0.05) is 27.7 Å². The minimum atomic E-state index is -1.72. The lowest BCUT2D eigenvalue weighted by atomic mass is 9.85. The molecule has 1 rings (SSSR count). The third kappa shape index (κ3) is 4.33. The zero-order chi connectivity index (χ0) is 17.3. The number of aliphatic hydroxyl groups is 4. The van der Waals surface area contributed by atoms with Gasteiger partial charge in [0.05, 0.1) is 18.8 Å². The van der Waals surface area contributed by atoms with Gasteiger partial charge in [0.15, 0.2) is 0 Å². The van der Waals surface area contributed by atoms with E-state index in [0.717, 1.165) is 11.8 Å². The molecule has 7 nitrogen and oxygen atoms in total. The molecule has 0 amide bonds. The van der Waals surface area contributed by atoms with Gasteiger partial charge in [-0.3, -0.25) is 0 Å². The highest BCUT2D eigenvalue weighted by molar-refractivity contribution is 8.02. The number of aliphatic carboxylic acids is 1. The molecule has 0 aliphatic carbocycles. The second-order valence-electron chi connectivity index (χ2n) is 6.73. The molecule has 22 heavy (non-hydrogen) atoms. The second-order valence-corrected chi connectivity index (χ2v) is 8.81. The van der Waals surface area contributed by atoms with Gasteiger partial charge in [-0.25, -0.2) is 4.79 Å². The van der Waals surface area contributed by atoms with Crippen LogP contribution in [0.25, 0.3) is 0 Å². The van der Waals surface area contributed by atoms with Crippen molar-refractivity contribution in [1.29, 1.82) is 0 Å². The van der Waals surface area contributed by atoms with E-state index in [1.165, 1.54) is 0 Å². The molecular weight excluding hydrogens is 312 g/mol. The second kappa shape index (κ2) is 7.02. The van der Waals surface area contributed by atoms with Crippen LogP contribution in [0.4, 0.5) is 0 Å². The van der Waals surface area contributed by atoms with Crippen molar-refractivity contribution in [3.8, 4) is 0 Å². The third-order valence-corrected chi connectivity index (χ3v) is 5.02. The Morgan fingerprint density at radius 3 is 2.36 bits per heavy atom. The first-order chi connectivity index (χ1) is 9.93. The fourth-order valence-corrected chi connectivity index (χ4v) is 3.99. The molecule has 0 bridgehead atoms. The van der Waals surface area contributed by atoms with Gasteiger partial charge in [-0.05, 0) is 0 Å². The maximum Gasteiger partial charge on any atom is 0.346 e. The van der Waals surface area contributed by atoms with Crippen molar-refractivity contribution in [2.45, 2.75) is 68.2 Å². The minimum absolute atomic E-state index is 0.121. The first kappa shape index (κ1) is 19.7. The van der Waals surface area contributed by atoms with E-state index in [4.69, 9.17) is 9.84 Å². The monoisotopic (exact) mass is 338 g/mol. The maximum absolute atomic E-state index is 11.8. The van der Waals surface area contributed by atoms with Gasteiger partial charge in [0, 0.05) is 17.1 Å². The summed E-state index contributed by atoms with van der Waals surface area (Å²) in [5, 5.41) is 48.5. The van der Waals surface area contributed by atoms with Crippen molar-refractivity contribution in [3.05, 3.63) is 0 Å². The lowest BCUT2D eigenvalue weighted by Crippen LogP contribution is -2.59. The number of carboxylic acid groups (broad SMARTS) is 1. The molecule has 0 saturated carbocycles. The molecule has 1 aliphatic heterocycles. The quantitative estimate of drug-likeness (QED) is 0.466. The summed E-state index contributed by atoms with van der Waals surface area (Å²) in [5.41, 5.74) is 0. The molecule has 6 atom stereocenters. The van der Waals surface area contributed by atoms with E-state index < -0.39 is 52.6 Å². The number of hydrogen-bond acceptors (Lipinski definition) is 7. The highest BCUT2D eigenvalue weighted by Gasteiger charge is 2.54. The highest BCUT2D eigenvalue weighted by atomic mass is 32.2. The van der Waals surface area contributed by atoms with Crippen molar-refractivity contribution in [2.24, 2.45) is 5.92 Å². The molecule has 1 fully saturated rings. The molecule has 8 heteroatoms. The summed E-state index contributed by atoms with van der Waals surface area (Å²) < 4.78 is 5.21. The lowest BCUT2D eigenvalue weighted by molar-refractivity contribution is -0.212. The van der Waals surface area contributed by atoms with Gasteiger partial charge < -0.3 is 30.3 Å².